The number of benzene rings is 2. The third-order valence-corrected chi connectivity index (χ3v) is 7.43. The minimum atomic E-state index is -1.24. The fourth-order valence-electron chi connectivity index (χ4n) is 4.89. The van der Waals surface area contributed by atoms with Gasteiger partial charge in [0.05, 0.1) is 0 Å². The first-order valence-electron chi connectivity index (χ1n) is 12.1. The second-order valence-electron chi connectivity index (χ2n) is 11.1. The van der Waals surface area contributed by atoms with Crippen LogP contribution in [0, 0.1) is 0 Å². The summed E-state index contributed by atoms with van der Waals surface area (Å²) in [5.41, 5.74) is 6.47. The van der Waals surface area contributed by atoms with Crippen LogP contribution in [0.15, 0.2) is 83.4 Å². The molecular weight excluding hydrogens is 418 g/mol. The van der Waals surface area contributed by atoms with E-state index in [1.807, 2.05) is 12.1 Å². The van der Waals surface area contributed by atoms with Crippen molar-refractivity contribution in [3.8, 4) is 0 Å². The molecule has 0 bridgehead atoms. The third kappa shape index (κ3) is 4.84. The predicted molar refractivity (Wildman–Crippen MR) is 142 cm³/mol. The lowest BCUT2D eigenvalue weighted by Crippen LogP contribution is -2.33. The SMILES string of the molecule is CC1(C(=O)O)C=CC=C(/C=C(\Cc2ccccc2)c2ccc3c(c2)C(C)(C)CCC3(C)C)C=N1. The van der Waals surface area contributed by atoms with E-state index < -0.39 is 11.5 Å². The molecule has 0 fully saturated rings. The number of carbonyl (C=O) groups is 1. The maximum absolute atomic E-state index is 11.7. The maximum atomic E-state index is 11.7. The van der Waals surface area contributed by atoms with Crippen molar-refractivity contribution in [1.29, 1.82) is 0 Å². The van der Waals surface area contributed by atoms with Crippen LogP contribution in [-0.4, -0.2) is 22.8 Å². The number of carboxylic acid groups (broad SMARTS) is 1. The highest BCUT2D eigenvalue weighted by molar-refractivity contribution is 5.92. The maximum Gasteiger partial charge on any atom is 0.335 e. The largest absolute Gasteiger partial charge is 0.479 e. The number of rotatable bonds is 5. The summed E-state index contributed by atoms with van der Waals surface area (Å²) in [6, 6.07) is 17.4. The highest BCUT2D eigenvalue weighted by atomic mass is 16.4. The van der Waals surface area contributed by atoms with Gasteiger partial charge < -0.3 is 5.11 Å². The lowest BCUT2D eigenvalue weighted by Gasteiger charge is -2.42. The lowest BCUT2D eigenvalue weighted by atomic mass is 9.63. The molecule has 2 aromatic rings. The van der Waals surface area contributed by atoms with E-state index in [1.165, 1.54) is 40.7 Å². The summed E-state index contributed by atoms with van der Waals surface area (Å²) in [4.78, 5) is 16.0. The van der Waals surface area contributed by atoms with Crippen molar-refractivity contribution in [3.05, 3.63) is 101 Å². The molecule has 2 aliphatic rings. The normalized spacial score (nSPS) is 23.1. The summed E-state index contributed by atoms with van der Waals surface area (Å²) in [5.74, 6) is -0.956. The molecule has 0 spiro atoms. The minimum Gasteiger partial charge on any atom is -0.479 e. The van der Waals surface area contributed by atoms with E-state index in [9.17, 15) is 9.90 Å². The first-order chi connectivity index (χ1) is 16.0. The van der Waals surface area contributed by atoms with Gasteiger partial charge in [0, 0.05) is 6.21 Å². The lowest BCUT2D eigenvalue weighted by molar-refractivity contribution is -0.140. The molecule has 1 unspecified atom stereocenters. The van der Waals surface area contributed by atoms with Crippen molar-refractivity contribution in [2.75, 3.05) is 0 Å². The summed E-state index contributed by atoms with van der Waals surface area (Å²) < 4.78 is 0. The van der Waals surface area contributed by atoms with E-state index in [-0.39, 0.29) is 10.8 Å². The Balaban J connectivity index is 1.80. The van der Waals surface area contributed by atoms with Crippen molar-refractivity contribution < 1.29 is 9.90 Å². The van der Waals surface area contributed by atoms with Crippen LogP contribution in [0.2, 0.25) is 0 Å². The van der Waals surface area contributed by atoms with Gasteiger partial charge in [-0.05, 0) is 82.6 Å². The zero-order chi connectivity index (χ0) is 24.6. The van der Waals surface area contributed by atoms with Crippen LogP contribution in [-0.2, 0) is 22.0 Å². The number of carboxylic acids is 1. The Morgan fingerprint density at radius 1 is 0.971 bits per heavy atom. The zero-order valence-corrected chi connectivity index (χ0v) is 20.9. The van der Waals surface area contributed by atoms with Crippen molar-refractivity contribution in [2.24, 2.45) is 4.99 Å². The number of nitrogens with zero attached hydrogens (tertiary/aromatic N) is 1. The van der Waals surface area contributed by atoms with E-state index in [0.717, 1.165) is 12.0 Å². The average molecular weight is 454 g/mol. The van der Waals surface area contributed by atoms with E-state index in [0.29, 0.717) is 0 Å². The predicted octanol–water partition coefficient (Wildman–Crippen LogP) is 7.07. The van der Waals surface area contributed by atoms with Gasteiger partial charge in [0.25, 0.3) is 0 Å². The highest BCUT2D eigenvalue weighted by Crippen LogP contribution is 2.46. The number of hydrogen-bond acceptors (Lipinski definition) is 2. The van der Waals surface area contributed by atoms with Crippen LogP contribution in [0.25, 0.3) is 5.57 Å². The molecule has 0 amide bonds. The second kappa shape index (κ2) is 8.87. The average Bonchev–Trinajstić information content (AvgIpc) is 2.99. The smallest absolute Gasteiger partial charge is 0.335 e. The topological polar surface area (TPSA) is 49.7 Å². The van der Waals surface area contributed by atoms with Gasteiger partial charge in [0.2, 0.25) is 0 Å². The molecule has 3 nitrogen and oxygen atoms in total. The zero-order valence-electron chi connectivity index (χ0n) is 20.9. The van der Waals surface area contributed by atoms with Gasteiger partial charge in [-0.25, -0.2) is 4.79 Å². The third-order valence-electron chi connectivity index (χ3n) is 7.43. The first kappa shape index (κ1) is 23.9. The second-order valence-corrected chi connectivity index (χ2v) is 11.1. The Hall–Kier alpha value is -3.20. The van der Waals surface area contributed by atoms with Gasteiger partial charge in [-0.3, -0.25) is 4.99 Å². The van der Waals surface area contributed by atoms with Crippen molar-refractivity contribution in [1.82, 2.24) is 0 Å². The summed E-state index contributed by atoms with van der Waals surface area (Å²) in [5, 5.41) is 9.56. The van der Waals surface area contributed by atoms with Crippen LogP contribution in [0.4, 0.5) is 0 Å². The molecule has 0 radical (unpaired) electrons. The van der Waals surface area contributed by atoms with Gasteiger partial charge in [-0.15, -0.1) is 0 Å². The highest BCUT2D eigenvalue weighted by Gasteiger charge is 2.37. The van der Waals surface area contributed by atoms with Crippen molar-refractivity contribution >= 4 is 17.8 Å². The minimum absolute atomic E-state index is 0.133. The van der Waals surface area contributed by atoms with Gasteiger partial charge >= 0.3 is 5.97 Å². The molecule has 4 rings (SSSR count). The molecule has 1 atom stereocenters. The molecule has 1 aliphatic heterocycles. The molecule has 1 heterocycles. The van der Waals surface area contributed by atoms with Gasteiger partial charge in [-0.1, -0.05) is 88.4 Å². The van der Waals surface area contributed by atoms with E-state index >= 15 is 0 Å². The Bertz CT molecular complexity index is 1210. The van der Waals surface area contributed by atoms with Gasteiger partial charge in [0.1, 0.15) is 0 Å². The Labute approximate surface area is 203 Å². The number of aliphatic carboxylic acids is 1. The number of allylic oxidation sites excluding steroid dienone is 5. The molecule has 176 valence electrons. The molecule has 1 N–H and O–H groups in total. The van der Waals surface area contributed by atoms with Crippen LogP contribution in [0.1, 0.15) is 69.7 Å². The van der Waals surface area contributed by atoms with Gasteiger partial charge in [0.15, 0.2) is 5.54 Å². The van der Waals surface area contributed by atoms with Gasteiger partial charge in [-0.2, -0.15) is 0 Å². The van der Waals surface area contributed by atoms with E-state index in [4.69, 9.17) is 0 Å². The molecule has 2 aromatic carbocycles. The molecule has 0 saturated heterocycles. The van der Waals surface area contributed by atoms with Crippen LogP contribution in [0.5, 0.6) is 0 Å². The van der Waals surface area contributed by atoms with Crippen LogP contribution < -0.4 is 0 Å². The summed E-state index contributed by atoms with van der Waals surface area (Å²) >= 11 is 0. The quantitative estimate of drug-likeness (QED) is 0.526. The summed E-state index contributed by atoms with van der Waals surface area (Å²) in [7, 11) is 0. The molecular formula is C31H35NO2. The molecule has 0 saturated carbocycles. The molecule has 34 heavy (non-hydrogen) atoms. The Morgan fingerprint density at radius 2 is 1.65 bits per heavy atom. The fourth-order valence-corrected chi connectivity index (χ4v) is 4.89. The summed E-state index contributed by atoms with van der Waals surface area (Å²) in [6.45, 7) is 11.0. The van der Waals surface area contributed by atoms with E-state index in [1.54, 1.807) is 25.3 Å². The standard InChI is InChI=1S/C31H35NO2/c1-29(2)16-17-30(3,4)27-20-24(13-14-26(27)29)25(18-22-10-7-6-8-11-22)19-23-12-9-15-31(5,28(33)34)32-21-23/h6-15,19-21H,16-18H2,1-5H3,(H,33,34)/b25-19+. The number of aliphatic imine (C=N–C) groups is 1. The van der Waals surface area contributed by atoms with Crippen molar-refractivity contribution in [3.63, 3.8) is 0 Å². The van der Waals surface area contributed by atoms with Crippen molar-refractivity contribution in [2.45, 2.75) is 70.3 Å². The first-order valence-corrected chi connectivity index (χ1v) is 12.1. The Kier molecular flexibility index (Phi) is 6.24. The number of fused-ring (bicyclic) bond motifs is 1. The van der Waals surface area contributed by atoms with E-state index in [2.05, 4.69) is 81.2 Å². The molecule has 0 aromatic heterocycles. The molecule has 1 aliphatic carbocycles. The van der Waals surface area contributed by atoms with Crippen LogP contribution >= 0.6 is 0 Å². The fraction of sp³-hybridized carbons (Fsp3) is 0.355. The Morgan fingerprint density at radius 3 is 2.32 bits per heavy atom. The van der Waals surface area contributed by atoms with Crippen LogP contribution in [0.3, 0.4) is 0 Å². The summed E-state index contributed by atoms with van der Waals surface area (Å²) in [6.07, 6.45) is 12.4. The molecule has 3 heteroatoms. The number of hydrogen-bond donors (Lipinski definition) is 1. The monoisotopic (exact) mass is 453 g/mol.